The predicted octanol–water partition coefficient (Wildman–Crippen LogP) is -1.13. The smallest absolute Gasteiger partial charge is 0.243 e. The molecule has 1 aliphatic heterocycles. The highest BCUT2D eigenvalue weighted by Gasteiger charge is 2.23. The van der Waals surface area contributed by atoms with Crippen molar-refractivity contribution in [2.75, 3.05) is 53.0 Å². The van der Waals surface area contributed by atoms with Gasteiger partial charge in [-0.3, -0.25) is 4.79 Å². The molecule has 2 rings (SSSR count). The minimum Gasteiger partial charge on any atom is -0.370 e. The Morgan fingerprint density at radius 3 is 2.56 bits per heavy atom. The number of rotatable bonds is 8. The van der Waals surface area contributed by atoms with E-state index in [1.807, 2.05) is 0 Å². The highest BCUT2D eigenvalue weighted by molar-refractivity contribution is 7.89. The van der Waals surface area contributed by atoms with Gasteiger partial charge in [0.25, 0.3) is 0 Å². The zero-order valence-electron chi connectivity index (χ0n) is 14.3. The van der Waals surface area contributed by atoms with E-state index in [4.69, 9.17) is 4.74 Å². The third-order valence-electron chi connectivity index (χ3n) is 4.12. The second-order valence-corrected chi connectivity index (χ2v) is 8.08. The zero-order chi connectivity index (χ0) is 18.3. The molecule has 7 nitrogen and oxygen atoms in total. The lowest BCUT2D eigenvalue weighted by molar-refractivity contribution is -0.908. The monoisotopic (exact) mass is 374 g/mol. The number of benzene rings is 1. The Morgan fingerprint density at radius 2 is 1.92 bits per heavy atom. The summed E-state index contributed by atoms with van der Waals surface area (Å²) >= 11 is 0. The van der Waals surface area contributed by atoms with Crippen molar-refractivity contribution in [3.8, 4) is 0 Å². The zero-order valence-corrected chi connectivity index (χ0v) is 15.1. The van der Waals surface area contributed by atoms with Crippen molar-refractivity contribution < 1.29 is 27.2 Å². The van der Waals surface area contributed by atoms with Crippen molar-refractivity contribution >= 4 is 15.9 Å². The van der Waals surface area contributed by atoms with Crippen LogP contribution in [-0.4, -0.2) is 71.6 Å². The first-order chi connectivity index (χ1) is 11.9. The molecule has 0 aliphatic carbocycles. The van der Waals surface area contributed by atoms with Gasteiger partial charge in [-0.2, -0.15) is 4.31 Å². The fourth-order valence-corrected chi connectivity index (χ4v) is 3.73. The van der Waals surface area contributed by atoms with Crippen LogP contribution in [0, 0.1) is 5.82 Å². The second-order valence-electron chi connectivity index (χ2n) is 6.03. The first-order valence-electron chi connectivity index (χ1n) is 8.29. The SMILES string of the molecule is CN(CC(=O)NCCC[NH+]1CCOCC1)S(=O)(=O)c1ccc(F)cc1. The summed E-state index contributed by atoms with van der Waals surface area (Å²) < 4.78 is 43.8. The largest absolute Gasteiger partial charge is 0.370 e. The normalized spacial score (nSPS) is 16.1. The molecule has 1 aliphatic rings. The molecule has 0 radical (unpaired) electrons. The minimum absolute atomic E-state index is 0.0416. The molecule has 1 heterocycles. The summed E-state index contributed by atoms with van der Waals surface area (Å²) in [5.74, 6) is -0.869. The van der Waals surface area contributed by atoms with Gasteiger partial charge in [0.1, 0.15) is 18.9 Å². The lowest BCUT2D eigenvalue weighted by Gasteiger charge is -2.23. The van der Waals surface area contributed by atoms with Crippen molar-refractivity contribution in [1.29, 1.82) is 0 Å². The van der Waals surface area contributed by atoms with E-state index in [0.29, 0.717) is 6.54 Å². The first kappa shape index (κ1) is 19.8. The molecule has 0 atom stereocenters. The van der Waals surface area contributed by atoms with Gasteiger partial charge in [-0.15, -0.1) is 0 Å². The molecular weight excluding hydrogens is 349 g/mol. The van der Waals surface area contributed by atoms with E-state index >= 15 is 0 Å². The molecule has 0 unspecified atom stereocenters. The quantitative estimate of drug-likeness (QED) is 0.564. The van der Waals surface area contributed by atoms with Gasteiger partial charge in [-0.05, 0) is 24.3 Å². The van der Waals surface area contributed by atoms with Crippen molar-refractivity contribution in [1.82, 2.24) is 9.62 Å². The Kier molecular flexibility index (Phi) is 7.30. The fourth-order valence-electron chi connectivity index (χ4n) is 2.61. The molecule has 2 N–H and O–H groups in total. The van der Waals surface area contributed by atoms with Crippen LogP contribution in [0.1, 0.15) is 6.42 Å². The molecule has 0 bridgehead atoms. The van der Waals surface area contributed by atoms with Crippen LogP contribution in [-0.2, 0) is 19.6 Å². The number of hydrogen-bond acceptors (Lipinski definition) is 4. The van der Waals surface area contributed by atoms with Gasteiger partial charge < -0.3 is 15.0 Å². The molecule has 9 heteroatoms. The Labute approximate surface area is 147 Å². The summed E-state index contributed by atoms with van der Waals surface area (Å²) in [6.45, 7) is 4.69. The number of amides is 1. The number of carbonyl (C=O) groups is 1. The van der Waals surface area contributed by atoms with Gasteiger partial charge in [0.15, 0.2) is 0 Å². The molecule has 1 fully saturated rings. The molecule has 1 amide bonds. The summed E-state index contributed by atoms with van der Waals surface area (Å²) in [5, 5.41) is 2.74. The van der Waals surface area contributed by atoms with Gasteiger partial charge in [-0.1, -0.05) is 0 Å². The lowest BCUT2D eigenvalue weighted by Crippen LogP contribution is -3.14. The number of likely N-dealkylation sites (N-methyl/N-ethyl adjacent to an activating group) is 1. The molecule has 0 aromatic heterocycles. The maximum Gasteiger partial charge on any atom is 0.243 e. The van der Waals surface area contributed by atoms with E-state index in [0.717, 1.165) is 55.7 Å². The standard InChI is InChI=1S/C16H24FN3O4S/c1-19(25(22,23)15-5-3-14(17)4-6-15)13-16(21)18-7-2-8-20-9-11-24-12-10-20/h3-6H,2,7-13H2,1H3,(H,18,21)/p+1. The van der Waals surface area contributed by atoms with E-state index in [9.17, 15) is 17.6 Å². The van der Waals surface area contributed by atoms with Gasteiger partial charge in [0, 0.05) is 20.0 Å². The number of hydrogen-bond donors (Lipinski definition) is 2. The summed E-state index contributed by atoms with van der Waals surface area (Å²) in [6.07, 6.45) is 0.829. The van der Waals surface area contributed by atoms with Crippen molar-refractivity contribution in [2.45, 2.75) is 11.3 Å². The van der Waals surface area contributed by atoms with Crippen LogP contribution in [0.5, 0.6) is 0 Å². The van der Waals surface area contributed by atoms with E-state index in [1.165, 1.54) is 24.1 Å². The molecule has 1 aromatic rings. The number of nitrogens with zero attached hydrogens (tertiary/aromatic N) is 1. The van der Waals surface area contributed by atoms with Crippen LogP contribution in [0.4, 0.5) is 4.39 Å². The number of ether oxygens (including phenoxy) is 1. The number of nitrogens with one attached hydrogen (secondary N) is 2. The first-order valence-corrected chi connectivity index (χ1v) is 9.73. The van der Waals surface area contributed by atoms with E-state index < -0.39 is 15.8 Å². The highest BCUT2D eigenvalue weighted by atomic mass is 32.2. The average molecular weight is 374 g/mol. The number of quaternary nitrogens is 1. The molecular formula is C16H25FN3O4S+. The highest BCUT2D eigenvalue weighted by Crippen LogP contribution is 2.14. The molecule has 1 aromatic carbocycles. The van der Waals surface area contributed by atoms with E-state index in [-0.39, 0.29) is 17.3 Å². The van der Waals surface area contributed by atoms with Crippen LogP contribution < -0.4 is 10.2 Å². The van der Waals surface area contributed by atoms with E-state index in [1.54, 1.807) is 0 Å². The maximum absolute atomic E-state index is 12.9. The third kappa shape index (κ3) is 6.03. The minimum atomic E-state index is -3.81. The topological polar surface area (TPSA) is 80.2 Å². The third-order valence-corrected chi connectivity index (χ3v) is 5.93. The van der Waals surface area contributed by atoms with E-state index in [2.05, 4.69) is 5.32 Å². The van der Waals surface area contributed by atoms with Crippen LogP contribution >= 0.6 is 0 Å². The second kappa shape index (κ2) is 9.23. The molecule has 0 saturated carbocycles. The summed E-state index contributed by atoms with van der Waals surface area (Å²) in [6, 6.07) is 4.53. The molecule has 140 valence electrons. The Bertz CT molecular complexity index is 660. The van der Waals surface area contributed by atoms with Gasteiger partial charge in [-0.25, -0.2) is 12.8 Å². The van der Waals surface area contributed by atoms with Crippen LogP contribution in [0.15, 0.2) is 29.2 Å². The van der Waals surface area contributed by atoms with Gasteiger partial charge in [0.05, 0.1) is 31.2 Å². The predicted molar refractivity (Wildman–Crippen MR) is 90.2 cm³/mol. The fraction of sp³-hybridized carbons (Fsp3) is 0.562. The van der Waals surface area contributed by atoms with Crippen molar-refractivity contribution in [2.24, 2.45) is 0 Å². The average Bonchev–Trinajstić information content (AvgIpc) is 2.60. The number of halogens is 1. The van der Waals surface area contributed by atoms with Crippen molar-refractivity contribution in [3.63, 3.8) is 0 Å². The number of morpholine rings is 1. The molecule has 25 heavy (non-hydrogen) atoms. The molecule has 1 saturated heterocycles. The Morgan fingerprint density at radius 1 is 1.28 bits per heavy atom. The van der Waals surface area contributed by atoms with Gasteiger partial charge >= 0.3 is 0 Å². The summed E-state index contributed by atoms with van der Waals surface area (Å²) in [5.41, 5.74) is 0. The summed E-state index contributed by atoms with van der Waals surface area (Å²) in [4.78, 5) is 13.3. The van der Waals surface area contributed by atoms with Crippen LogP contribution in [0.3, 0.4) is 0 Å². The Hall–Kier alpha value is -1.55. The van der Waals surface area contributed by atoms with Crippen molar-refractivity contribution in [3.05, 3.63) is 30.1 Å². The Balaban J connectivity index is 1.74. The number of carbonyl (C=O) groups excluding carboxylic acids is 1. The van der Waals surface area contributed by atoms with Crippen LogP contribution in [0.25, 0.3) is 0 Å². The lowest BCUT2D eigenvalue weighted by atomic mass is 10.3. The summed E-state index contributed by atoms with van der Waals surface area (Å²) in [7, 11) is -2.48. The van der Waals surface area contributed by atoms with Crippen LogP contribution in [0.2, 0.25) is 0 Å². The molecule has 0 spiro atoms. The maximum atomic E-state index is 12.9. The van der Waals surface area contributed by atoms with Gasteiger partial charge in [0.2, 0.25) is 15.9 Å². The number of sulfonamides is 1.